The zero-order chi connectivity index (χ0) is 24.9. The van der Waals surface area contributed by atoms with Crippen LogP contribution in [0.2, 0.25) is 0 Å². The molecular formula is C21H32F3N5O4. The summed E-state index contributed by atoms with van der Waals surface area (Å²) in [5.74, 6) is -5.53. The number of likely N-dealkylation sites (tertiary alicyclic amines) is 1. The number of rotatable bonds is 8. The van der Waals surface area contributed by atoms with Gasteiger partial charge in [0, 0.05) is 19.0 Å². The Morgan fingerprint density at radius 3 is 2.42 bits per heavy atom. The molecule has 0 spiro atoms. The van der Waals surface area contributed by atoms with Crippen molar-refractivity contribution >= 4 is 23.6 Å². The van der Waals surface area contributed by atoms with E-state index < -0.39 is 53.9 Å². The average molecular weight is 476 g/mol. The van der Waals surface area contributed by atoms with Gasteiger partial charge in [-0.3, -0.25) is 19.2 Å². The minimum atomic E-state index is -4.65. The van der Waals surface area contributed by atoms with Crippen LogP contribution in [-0.4, -0.2) is 65.9 Å². The van der Waals surface area contributed by atoms with E-state index in [1.54, 1.807) is 0 Å². The number of piperidine rings is 1. The molecule has 0 aromatic heterocycles. The highest BCUT2D eigenvalue weighted by Gasteiger charge is 2.70. The monoisotopic (exact) mass is 475 g/mol. The number of hydrogen-bond acceptors (Lipinski definition) is 5. The highest BCUT2D eigenvalue weighted by molar-refractivity contribution is 5.94. The Bertz CT molecular complexity index is 833. The van der Waals surface area contributed by atoms with Gasteiger partial charge in [0.05, 0.1) is 12.0 Å². The van der Waals surface area contributed by atoms with Gasteiger partial charge in [-0.1, -0.05) is 20.8 Å². The number of amides is 4. The maximum Gasteiger partial charge on any atom is 0.393 e. The molecule has 0 radical (unpaired) electrons. The van der Waals surface area contributed by atoms with Gasteiger partial charge in [0.25, 0.3) is 0 Å². The molecule has 0 aromatic carbocycles. The molecule has 2 heterocycles. The first-order valence-corrected chi connectivity index (χ1v) is 11.2. The number of primary amides is 1. The maximum absolute atomic E-state index is 13.4. The first-order valence-electron chi connectivity index (χ1n) is 11.2. The summed E-state index contributed by atoms with van der Waals surface area (Å²) in [6.45, 7) is 5.72. The van der Waals surface area contributed by atoms with Gasteiger partial charge in [0.15, 0.2) is 0 Å². The highest BCUT2D eigenvalue weighted by atomic mass is 19.4. The van der Waals surface area contributed by atoms with Crippen molar-refractivity contribution in [1.82, 2.24) is 15.5 Å². The van der Waals surface area contributed by atoms with Crippen LogP contribution in [0.1, 0.15) is 40.0 Å². The molecule has 6 N–H and O–H groups in total. The Kier molecular flexibility index (Phi) is 6.71. The third-order valence-electron chi connectivity index (χ3n) is 7.68. The number of nitrogens with zero attached hydrogens (tertiary/aromatic N) is 1. The van der Waals surface area contributed by atoms with Gasteiger partial charge in [-0.2, -0.15) is 13.2 Å². The summed E-state index contributed by atoms with van der Waals surface area (Å²) in [6, 6.07) is -4.04. The van der Waals surface area contributed by atoms with Crippen molar-refractivity contribution in [2.24, 2.45) is 40.6 Å². The van der Waals surface area contributed by atoms with Gasteiger partial charge in [-0.05, 0) is 36.5 Å². The van der Waals surface area contributed by atoms with Crippen LogP contribution in [-0.2, 0) is 19.2 Å². The van der Waals surface area contributed by atoms with Crippen molar-refractivity contribution in [2.45, 2.75) is 64.3 Å². The van der Waals surface area contributed by atoms with Crippen molar-refractivity contribution in [3.63, 3.8) is 0 Å². The number of halogens is 3. The van der Waals surface area contributed by atoms with Crippen LogP contribution in [0.25, 0.3) is 0 Å². The summed E-state index contributed by atoms with van der Waals surface area (Å²) in [7, 11) is 0. The van der Waals surface area contributed by atoms with E-state index in [4.69, 9.17) is 11.5 Å². The Morgan fingerprint density at radius 2 is 1.94 bits per heavy atom. The molecule has 7 atom stereocenters. The lowest BCUT2D eigenvalue weighted by Gasteiger charge is -2.34. The number of nitrogens with one attached hydrogen (secondary N) is 2. The third kappa shape index (κ3) is 4.67. The minimum absolute atomic E-state index is 0.0105. The quantitative estimate of drug-likeness (QED) is 0.386. The molecule has 3 fully saturated rings. The second-order valence-corrected chi connectivity index (χ2v) is 9.95. The van der Waals surface area contributed by atoms with E-state index in [1.807, 2.05) is 13.8 Å². The second kappa shape index (κ2) is 8.77. The molecule has 4 amide bonds. The molecule has 12 heteroatoms. The molecule has 2 aliphatic heterocycles. The van der Waals surface area contributed by atoms with Crippen molar-refractivity contribution in [2.75, 3.05) is 13.1 Å². The summed E-state index contributed by atoms with van der Waals surface area (Å²) in [5.41, 5.74) is 10.9. The SMILES string of the molecule is CCC(C(N)C(=O)N1C[C@H]2[C@@H]([C@H]1C(=O)N[C@@H](C[C@@H]1CCNC1=O)C(N)=O)C2(C)C)C(F)(F)F. The molecule has 1 aliphatic carbocycles. The standard InChI is InChI=1S/C21H32F3N5O4/c1-4-10(21(22,23)24)14(25)19(33)29-8-11-13(20(11,2)3)15(29)18(32)28-12(16(26)30)7-9-5-6-27-17(9)31/h9-15H,4-8,25H2,1-3H3,(H2,26,30)(H,27,31)(H,28,32)/t9-,10?,11-,12-,13-,14?,15-/m0/s1. The number of carbonyl (C=O) groups excluding carboxylic acids is 4. The molecule has 9 nitrogen and oxygen atoms in total. The van der Waals surface area contributed by atoms with E-state index >= 15 is 0 Å². The molecule has 3 rings (SSSR count). The normalized spacial score (nSPS) is 30.8. The van der Waals surface area contributed by atoms with Crippen LogP contribution < -0.4 is 22.1 Å². The first-order chi connectivity index (χ1) is 15.2. The number of fused-ring (bicyclic) bond motifs is 1. The Balaban J connectivity index is 1.78. The molecule has 0 bridgehead atoms. The number of nitrogens with two attached hydrogens (primary N) is 2. The fourth-order valence-corrected chi connectivity index (χ4v) is 5.52. The van der Waals surface area contributed by atoms with E-state index in [2.05, 4.69) is 10.6 Å². The lowest BCUT2D eigenvalue weighted by molar-refractivity contribution is -0.186. The van der Waals surface area contributed by atoms with E-state index in [1.165, 1.54) is 6.92 Å². The zero-order valence-corrected chi connectivity index (χ0v) is 18.9. The fraction of sp³-hybridized carbons (Fsp3) is 0.810. The molecular weight excluding hydrogens is 443 g/mol. The van der Waals surface area contributed by atoms with Crippen molar-refractivity contribution in [3.8, 4) is 0 Å². The zero-order valence-electron chi connectivity index (χ0n) is 18.9. The molecule has 3 aliphatic rings. The van der Waals surface area contributed by atoms with Gasteiger partial charge in [0.2, 0.25) is 23.6 Å². The summed E-state index contributed by atoms with van der Waals surface area (Å²) in [4.78, 5) is 51.2. The van der Waals surface area contributed by atoms with Gasteiger partial charge >= 0.3 is 6.18 Å². The lowest BCUT2D eigenvalue weighted by Crippen LogP contribution is -2.59. The van der Waals surface area contributed by atoms with Gasteiger partial charge in [-0.15, -0.1) is 0 Å². The van der Waals surface area contributed by atoms with E-state index in [0.29, 0.717) is 13.0 Å². The van der Waals surface area contributed by atoms with E-state index in [0.717, 1.165) is 4.90 Å². The third-order valence-corrected chi connectivity index (χ3v) is 7.68. The number of carbonyl (C=O) groups is 4. The molecule has 1 saturated carbocycles. The second-order valence-electron chi connectivity index (χ2n) is 9.95. The van der Waals surface area contributed by atoms with Crippen LogP contribution in [0.3, 0.4) is 0 Å². The van der Waals surface area contributed by atoms with Crippen LogP contribution >= 0.6 is 0 Å². The first kappa shape index (κ1) is 25.3. The molecule has 2 saturated heterocycles. The summed E-state index contributed by atoms with van der Waals surface area (Å²) in [6.07, 6.45) is -4.51. The molecule has 2 unspecified atom stereocenters. The number of alkyl halides is 3. The lowest BCUT2D eigenvalue weighted by atomic mass is 9.93. The fourth-order valence-electron chi connectivity index (χ4n) is 5.52. The summed E-state index contributed by atoms with van der Waals surface area (Å²) >= 11 is 0. The van der Waals surface area contributed by atoms with Crippen LogP contribution in [0, 0.1) is 29.1 Å². The van der Waals surface area contributed by atoms with Crippen LogP contribution in [0.5, 0.6) is 0 Å². The van der Waals surface area contributed by atoms with Gasteiger partial charge in [0.1, 0.15) is 12.1 Å². The van der Waals surface area contributed by atoms with E-state index in [9.17, 15) is 32.3 Å². The van der Waals surface area contributed by atoms with Gasteiger partial charge in [-0.25, -0.2) is 0 Å². The predicted molar refractivity (Wildman–Crippen MR) is 111 cm³/mol. The van der Waals surface area contributed by atoms with Crippen LogP contribution in [0.15, 0.2) is 0 Å². The topological polar surface area (TPSA) is 148 Å². The average Bonchev–Trinajstić information content (AvgIpc) is 3.07. The van der Waals surface area contributed by atoms with Crippen LogP contribution in [0.4, 0.5) is 13.2 Å². The van der Waals surface area contributed by atoms with Gasteiger partial charge < -0.3 is 27.0 Å². The van der Waals surface area contributed by atoms with Crippen molar-refractivity contribution in [1.29, 1.82) is 0 Å². The Morgan fingerprint density at radius 1 is 1.30 bits per heavy atom. The smallest absolute Gasteiger partial charge is 0.368 e. The molecule has 0 aromatic rings. The minimum Gasteiger partial charge on any atom is -0.368 e. The predicted octanol–water partition coefficient (Wildman–Crippen LogP) is -0.118. The molecule has 186 valence electrons. The Hall–Kier alpha value is -2.37. The number of hydrogen-bond donors (Lipinski definition) is 4. The van der Waals surface area contributed by atoms with Crippen molar-refractivity contribution < 1.29 is 32.3 Å². The maximum atomic E-state index is 13.4. The molecule has 33 heavy (non-hydrogen) atoms. The highest BCUT2D eigenvalue weighted by Crippen LogP contribution is 2.65. The Labute approximate surface area is 190 Å². The van der Waals surface area contributed by atoms with E-state index in [-0.39, 0.29) is 42.5 Å². The van der Waals surface area contributed by atoms with Crippen molar-refractivity contribution in [3.05, 3.63) is 0 Å². The summed E-state index contributed by atoms with van der Waals surface area (Å²) in [5, 5.41) is 5.19. The summed E-state index contributed by atoms with van der Waals surface area (Å²) < 4.78 is 40.1. The largest absolute Gasteiger partial charge is 0.393 e.